The summed E-state index contributed by atoms with van der Waals surface area (Å²) in [5.41, 5.74) is 1.67. The van der Waals surface area contributed by atoms with Crippen molar-refractivity contribution in [1.29, 1.82) is 0 Å². The lowest BCUT2D eigenvalue weighted by atomic mass is 9.80. The lowest BCUT2D eigenvalue weighted by Gasteiger charge is -2.47. The van der Waals surface area contributed by atoms with Crippen molar-refractivity contribution in [3.63, 3.8) is 0 Å². The molecular formula is C25H27F3N4O3. The number of nitro groups is 1. The zero-order valence-corrected chi connectivity index (χ0v) is 19.2. The minimum absolute atomic E-state index is 0.0279. The molecule has 3 heterocycles. The molecule has 2 aromatic carbocycles. The largest absolute Gasteiger partial charge is 0.416 e. The molecule has 186 valence electrons. The van der Waals surface area contributed by atoms with Gasteiger partial charge in [-0.15, -0.1) is 0 Å². The molecule has 10 heteroatoms. The molecule has 2 saturated heterocycles. The molecule has 0 N–H and O–H groups in total. The number of anilines is 2. The van der Waals surface area contributed by atoms with Gasteiger partial charge in [-0.25, -0.2) is 0 Å². The number of nitrogens with zero attached hydrogens (tertiary/aromatic N) is 4. The van der Waals surface area contributed by atoms with Gasteiger partial charge in [0, 0.05) is 62.3 Å². The fraction of sp³-hybridized carbons (Fsp3) is 0.480. The van der Waals surface area contributed by atoms with Crippen molar-refractivity contribution in [2.24, 2.45) is 5.92 Å². The highest BCUT2D eigenvalue weighted by atomic mass is 19.4. The van der Waals surface area contributed by atoms with Crippen LogP contribution in [0, 0.1) is 16.0 Å². The molecule has 2 aromatic rings. The van der Waals surface area contributed by atoms with Gasteiger partial charge in [-0.2, -0.15) is 13.2 Å². The van der Waals surface area contributed by atoms with E-state index in [-0.39, 0.29) is 23.6 Å². The Kier molecular flexibility index (Phi) is 6.06. The van der Waals surface area contributed by atoms with Crippen molar-refractivity contribution in [2.75, 3.05) is 42.5 Å². The Morgan fingerprint density at radius 2 is 1.77 bits per heavy atom. The van der Waals surface area contributed by atoms with Gasteiger partial charge in [-0.05, 0) is 55.5 Å². The molecule has 0 saturated carbocycles. The topological polar surface area (TPSA) is 69.9 Å². The number of carbonyl (C=O) groups excluding carboxylic acids is 1. The number of hydrogen-bond acceptors (Lipinski definition) is 5. The first-order valence-electron chi connectivity index (χ1n) is 12.0. The van der Waals surface area contributed by atoms with E-state index < -0.39 is 16.7 Å². The molecule has 7 nitrogen and oxygen atoms in total. The van der Waals surface area contributed by atoms with Crippen LogP contribution in [-0.2, 0) is 17.4 Å². The van der Waals surface area contributed by atoms with Crippen molar-refractivity contribution in [2.45, 2.75) is 37.9 Å². The molecule has 3 aliphatic heterocycles. The molecule has 0 spiro atoms. The zero-order valence-electron chi connectivity index (χ0n) is 19.2. The van der Waals surface area contributed by atoms with E-state index >= 15 is 0 Å². The first-order valence-corrected chi connectivity index (χ1v) is 12.0. The Morgan fingerprint density at radius 3 is 2.49 bits per heavy atom. The summed E-state index contributed by atoms with van der Waals surface area (Å²) in [4.78, 5) is 30.5. The molecule has 1 amide bonds. The van der Waals surface area contributed by atoms with Gasteiger partial charge in [-0.1, -0.05) is 6.07 Å². The maximum atomic E-state index is 13.7. The van der Waals surface area contributed by atoms with Gasteiger partial charge < -0.3 is 14.7 Å². The zero-order chi connectivity index (χ0) is 24.7. The van der Waals surface area contributed by atoms with Gasteiger partial charge in [0.2, 0.25) is 5.91 Å². The Morgan fingerprint density at radius 1 is 1.00 bits per heavy atom. The molecule has 0 aromatic heterocycles. The van der Waals surface area contributed by atoms with Gasteiger partial charge in [0.25, 0.3) is 5.69 Å². The maximum Gasteiger partial charge on any atom is 0.416 e. The van der Waals surface area contributed by atoms with E-state index in [4.69, 9.17) is 0 Å². The maximum absolute atomic E-state index is 13.7. The van der Waals surface area contributed by atoms with Gasteiger partial charge in [-0.3, -0.25) is 14.9 Å². The molecule has 2 fully saturated rings. The van der Waals surface area contributed by atoms with Crippen molar-refractivity contribution in [3.8, 4) is 0 Å². The van der Waals surface area contributed by atoms with Crippen LogP contribution in [0.4, 0.5) is 30.2 Å². The number of halogens is 3. The van der Waals surface area contributed by atoms with E-state index in [1.165, 1.54) is 12.1 Å². The Balaban J connectivity index is 1.32. The molecule has 3 aliphatic rings. The second-order valence-electron chi connectivity index (χ2n) is 9.50. The molecule has 35 heavy (non-hydrogen) atoms. The third-order valence-electron chi connectivity index (χ3n) is 7.48. The van der Waals surface area contributed by atoms with Crippen molar-refractivity contribution >= 4 is 23.0 Å². The molecule has 0 unspecified atom stereocenters. The number of fused-ring (bicyclic) bond motifs is 3. The number of benzene rings is 2. The van der Waals surface area contributed by atoms with Crippen LogP contribution in [0.25, 0.3) is 0 Å². The minimum atomic E-state index is -4.40. The predicted molar refractivity (Wildman–Crippen MR) is 126 cm³/mol. The molecule has 0 aliphatic carbocycles. The molecular weight excluding hydrogens is 461 g/mol. The second-order valence-corrected chi connectivity index (χ2v) is 9.50. The number of carbonyl (C=O) groups is 1. The van der Waals surface area contributed by atoms with Crippen LogP contribution in [0.3, 0.4) is 0 Å². The number of non-ortho nitro benzene ring substituents is 1. The van der Waals surface area contributed by atoms with Crippen molar-refractivity contribution < 1.29 is 22.9 Å². The molecule has 2 atom stereocenters. The highest BCUT2D eigenvalue weighted by molar-refractivity contribution is 5.82. The van der Waals surface area contributed by atoms with Crippen LogP contribution in [0.15, 0.2) is 42.5 Å². The number of hydrogen-bond donors (Lipinski definition) is 0. The third-order valence-corrected chi connectivity index (χ3v) is 7.48. The third kappa shape index (κ3) is 4.53. The normalized spacial score (nSPS) is 22.4. The van der Waals surface area contributed by atoms with E-state index in [0.29, 0.717) is 38.3 Å². The van der Waals surface area contributed by atoms with Crippen LogP contribution in [0.1, 0.15) is 30.4 Å². The van der Waals surface area contributed by atoms with Gasteiger partial charge >= 0.3 is 6.18 Å². The van der Waals surface area contributed by atoms with E-state index in [0.717, 1.165) is 49.2 Å². The van der Waals surface area contributed by atoms with Gasteiger partial charge in [0.15, 0.2) is 0 Å². The summed E-state index contributed by atoms with van der Waals surface area (Å²) in [5, 5.41) is 11.3. The number of piperazine rings is 1. The minimum Gasteiger partial charge on any atom is -0.368 e. The Hall–Kier alpha value is -3.30. The quantitative estimate of drug-likeness (QED) is 0.470. The van der Waals surface area contributed by atoms with Crippen LogP contribution in [0.5, 0.6) is 0 Å². The van der Waals surface area contributed by atoms with E-state index in [1.54, 1.807) is 18.2 Å². The Labute approximate surface area is 201 Å². The van der Waals surface area contributed by atoms with E-state index in [9.17, 15) is 28.1 Å². The van der Waals surface area contributed by atoms with Crippen molar-refractivity contribution in [3.05, 3.63) is 63.7 Å². The lowest BCUT2D eigenvalue weighted by molar-refractivity contribution is -0.384. The summed E-state index contributed by atoms with van der Waals surface area (Å²) < 4.78 is 39.3. The fourth-order valence-electron chi connectivity index (χ4n) is 5.73. The summed E-state index contributed by atoms with van der Waals surface area (Å²) >= 11 is 0. The van der Waals surface area contributed by atoms with Crippen molar-refractivity contribution in [1.82, 2.24) is 4.90 Å². The lowest BCUT2D eigenvalue weighted by Crippen LogP contribution is -2.57. The molecule has 0 radical (unpaired) electrons. The van der Waals surface area contributed by atoms with E-state index in [1.807, 2.05) is 9.80 Å². The molecule has 5 rings (SSSR count). The monoisotopic (exact) mass is 488 g/mol. The van der Waals surface area contributed by atoms with Gasteiger partial charge in [0.1, 0.15) is 0 Å². The van der Waals surface area contributed by atoms with Crippen LogP contribution < -0.4 is 9.80 Å². The average molecular weight is 489 g/mol. The first-order chi connectivity index (χ1) is 16.7. The van der Waals surface area contributed by atoms with Crippen LogP contribution >= 0.6 is 0 Å². The number of piperidine rings is 1. The highest BCUT2D eigenvalue weighted by Gasteiger charge is 2.42. The van der Waals surface area contributed by atoms with E-state index in [2.05, 4.69) is 4.90 Å². The summed E-state index contributed by atoms with van der Waals surface area (Å²) in [5.74, 6) is -0.257. The number of nitro benzene ring substituents is 1. The van der Waals surface area contributed by atoms with Crippen LogP contribution in [-0.4, -0.2) is 54.5 Å². The number of rotatable bonds is 3. The summed E-state index contributed by atoms with van der Waals surface area (Å²) in [7, 11) is 0. The highest BCUT2D eigenvalue weighted by Crippen LogP contribution is 2.40. The SMILES string of the molecule is O=C([C@H]1Cc2cc([N+](=O)[O-])ccc2N2CCCC[C@H]12)N1CCN(c2cccc(C(F)(F)F)c2)CC1. The number of amides is 1. The predicted octanol–water partition coefficient (Wildman–Crippen LogP) is 4.49. The first kappa shape index (κ1) is 23.4. The average Bonchev–Trinajstić information content (AvgIpc) is 2.87. The summed E-state index contributed by atoms with van der Waals surface area (Å²) in [6, 6.07) is 10.3. The summed E-state index contributed by atoms with van der Waals surface area (Å²) in [6.45, 7) is 2.59. The second kappa shape index (κ2) is 9.05. The van der Waals surface area contributed by atoms with Gasteiger partial charge in [0.05, 0.1) is 16.4 Å². The number of alkyl halides is 3. The summed E-state index contributed by atoms with van der Waals surface area (Å²) in [6.07, 6.45) is -0.978. The standard InChI is InChI=1S/C25H27F3N4O3/c26-25(27,28)18-4-3-5-19(16-18)29-10-12-30(13-11-29)24(33)21-15-17-14-20(32(34)35)7-8-22(17)31-9-2-1-6-23(21)31/h3-5,7-8,14,16,21,23H,1-2,6,9-13,15H2/t21-,23+/m0/s1. The van der Waals surface area contributed by atoms with Crippen LogP contribution in [0.2, 0.25) is 0 Å². The molecule has 0 bridgehead atoms. The fourth-order valence-corrected chi connectivity index (χ4v) is 5.73. The smallest absolute Gasteiger partial charge is 0.368 e. The Bertz CT molecular complexity index is 1130.